The fraction of sp³-hybridized carbons (Fsp3) is 0.190. The maximum absolute atomic E-state index is 13.5. The summed E-state index contributed by atoms with van der Waals surface area (Å²) < 4.78 is 86.5. The molecule has 0 radical (unpaired) electrons. The molecule has 180 valence electrons. The zero-order valence-electron chi connectivity index (χ0n) is 17.7. The van der Waals surface area contributed by atoms with Gasteiger partial charge in [0.1, 0.15) is 11.4 Å². The van der Waals surface area contributed by atoms with Crippen molar-refractivity contribution in [1.82, 2.24) is 10.2 Å². The van der Waals surface area contributed by atoms with Gasteiger partial charge in [0.25, 0.3) is 11.8 Å². The van der Waals surface area contributed by atoms with Crippen LogP contribution < -0.4 is 14.8 Å². The zero-order valence-corrected chi connectivity index (χ0v) is 18.5. The summed E-state index contributed by atoms with van der Waals surface area (Å²) in [5.74, 6) is -2.81. The summed E-state index contributed by atoms with van der Waals surface area (Å²) in [4.78, 5) is 12.9. The summed E-state index contributed by atoms with van der Waals surface area (Å²) in [5, 5.41) is 8.83. The predicted octanol–water partition coefficient (Wildman–Crippen LogP) is 4.23. The standard InChI is InChI=1S/C21H17F4N3O5S/c1-32-17-9-13(22)6-7-16(17)33-20-15(10-18(27-28-20)21(23,24)25)19(29)26-14-5-3-4-12(8-14)11-34(2,30)31/h3-10H,11H2,1-2H3,(H,26,29). The lowest BCUT2D eigenvalue weighted by atomic mass is 10.2. The molecule has 1 aromatic heterocycles. The Kier molecular flexibility index (Phi) is 7.05. The van der Waals surface area contributed by atoms with Crippen LogP contribution in [0, 0.1) is 5.82 Å². The third kappa shape index (κ3) is 6.41. The quantitative estimate of drug-likeness (QED) is 0.485. The molecule has 0 aliphatic carbocycles. The molecule has 1 amide bonds. The number of nitrogens with one attached hydrogen (secondary N) is 1. The second kappa shape index (κ2) is 9.63. The fourth-order valence-electron chi connectivity index (χ4n) is 2.83. The SMILES string of the molecule is COc1cc(F)ccc1Oc1nnc(C(F)(F)F)cc1C(=O)Nc1cccc(CS(C)(=O)=O)c1. The molecule has 1 heterocycles. The van der Waals surface area contributed by atoms with E-state index < -0.39 is 44.9 Å². The van der Waals surface area contributed by atoms with E-state index in [1.54, 1.807) is 0 Å². The van der Waals surface area contributed by atoms with Gasteiger partial charge >= 0.3 is 6.18 Å². The van der Waals surface area contributed by atoms with E-state index in [1.165, 1.54) is 31.4 Å². The smallest absolute Gasteiger partial charge is 0.435 e. The number of nitrogens with zero attached hydrogens (tertiary/aromatic N) is 2. The van der Waals surface area contributed by atoms with Crippen molar-refractivity contribution in [3.05, 3.63) is 71.2 Å². The number of rotatable bonds is 7. The molecule has 0 unspecified atom stereocenters. The van der Waals surface area contributed by atoms with Crippen molar-refractivity contribution in [2.45, 2.75) is 11.9 Å². The molecule has 0 fully saturated rings. The number of hydrogen-bond acceptors (Lipinski definition) is 7. The molecule has 0 saturated heterocycles. The number of alkyl halides is 3. The normalized spacial score (nSPS) is 11.7. The number of benzene rings is 2. The van der Waals surface area contributed by atoms with Crippen LogP contribution in [0.4, 0.5) is 23.2 Å². The lowest BCUT2D eigenvalue weighted by molar-refractivity contribution is -0.141. The molecule has 1 N–H and O–H groups in total. The van der Waals surface area contributed by atoms with Crippen LogP contribution in [0.25, 0.3) is 0 Å². The highest BCUT2D eigenvalue weighted by molar-refractivity contribution is 7.89. The molecule has 2 aromatic carbocycles. The van der Waals surface area contributed by atoms with Crippen molar-refractivity contribution >= 4 is 21.4 Å². The van der Waals surface area contributed by atoms with Gasteiger partial charge in [-0.3, -0.25) is 4.79 Å². The Balaban J connectivity index is 1.98. The second-order valence-corrected chi connectivity index (χ2v) is 9.21. The van der Waals surface area contributed by atoms with Crippen LogP contribution >= 0.6 is 0 Å². The Morgan fingerprint density at radius 3 is 2.44 bits per heavy atom. The minimum absolute atomic E-state index is 0.0958. The van der Waals surface area contributed by atoms with Crippen molar-refractivity contribution in [3.63, 3.8) is 0 Å². The summed E-state index contributed by atoms with van der Waals surface area (Å²) in [6, 6.07) is 9.36. The molecule has 3 rings (SSSR count). The first-order valence-corrected chi connectivity index (χ1v) is 11.5. The number of ether oxygens (including phenoxy) is 2. The lowest BCUT2D eigenvalue weighted by Gasteiger charge is -2.14. The van der Waals surface area contributed by atoms with Crippen LogP contribution in [-0.4, -0.2) is 37.9 Å². The van der Waals surface area contributed by atoms with E-state index in [9.17, 15) is 30.8 Å². The molecule has 0 bridgehead atoms. The Morgan fingerprint density at radius 2 is 1.79 bits per heavy atom. The number of sulfone groups is 1. The fourth-order valence-corrected chi connectivity index (χ4v) is 3.61. The summed E-state index contributed by atoms with van der Waals surface area (Å²) in [6.45, 7) is 0. The number of methoxy groups -OCH3 is 1. The number of carbonyl (C=O) groups excluding carboxylic acids is 1. The minimum atomic E-state index is -4.90. The molecule has 3 aromatic rings. The molecule has 0 atom stereocenters. The molecular weight excluding hydrogens is 482 g/mol. The maximum Gasteiger partial charge on any atom is 0.435 e. The monoisotopic (exact) mass is 499 g/mol. The Morgan fingerprint density at radius 1 is 1.06 bits per heavy atom. The van der Waals surface area contributed by atoms with Gasteiger partial charge in [0.15, 0.2) is 27.0 Å². The van der Waals surface area contributed by atoms with Crippen molar-refractivity contribution in [3.8, 4) is 17.4 Å². The molecule has 0 spiro atoms. The summed E-state index contributed by atoms with van der Waals surface area (Å²) in [6.07, 6.45) is -3.86. The second-order valence-electron chi connectivity index (χ2n) is 7.07. The lowest BCUT2D eigenvalue weighted by Crippen LogP contribution is -2.18. The van der Waals surface area contributed by atoms with E-state index in [4.69, 9.17) is 9.47 Å². The van der Waals surface area contributed by atoms with Gasteiger partial charge < -0.3 is 14.8 Å². The Bertz CT molecular complexity index is 1330. The van der Waals surface area contributed by atoms with E-state index in [1.807, 2.05) is 0 Å². The van der Waals surface area contributed by atoms with E-state index >= 15 is 0 Å². The molecular formula is C21H17F4N3O5S. The van der Waals surface area contributed by atoms with Gasteiger partial charge in [-0.25, -0.2) is 12.8 Å². The molecule has 8 nitrogen and oxygen atoms in total. The van der Waals surface area contributed by atoms with Crippen LogP contribution in [0.2, 0.25) is 0 Å². The van der Waals surface area contributed by atoms with Crippen LogP contribution in [0.1, 0.15) is 21.6 Å². The maximum atomic E-state index is 13.5. The number of amides is 1. The average molecular weight is 499 g/mol. The van der Waals surface area contributed by atoms with E-state index in [0.29, 0.717) is 11.6 Å². The first-order chi connectivity index (χ1) is 15.9. The van der Waals surface area contributed by atoms with Crippen LogP contribution in [-0.2, 0) is 21.8 Å². The summed E-state index contributed by atoms with van der Waals surface area (Å²) in [7, 11) is -2.14. The number of carbonyl (C=O) groups is 1. The van der Waals surface area contributed by atoms with E-state index in [0.717, 1.165) is 24.5 Å². The minimum Gasteiger partial charge on any atom is -0.493 e. The highest BCUT2D eigenvalue weighted by atomic mass is 32.2. The third-order valence-corrected chi connectivity index (χ3v) is 5.10. The highest BCUT2D eigenvalue weighted by Gasteiger charge is 2.35. The number of hydrogen-bond donors (Lipinski definition) is 1. The highest BCUT2D eigenvalue weighted by Crippen LogP contribution is 2.35. The topological polar surface area (TPSA) is 107 Å². The Hall–Kier alpha value is -3.74. The van der Waals surface area contributed by atoms with E-state index in [-0.39, 0.29) is 22.9 Å². The summed E-state index contributed by atoms with van der Waals surface area (Å²) >= 11 is 0. The van der Waals surface area contributed by atoms with Gasteiger partial charge in [0.05, 0.1) is 12.9 Å². The van der Waals surface area contributed by atoms with Gasteiger partial charge in [0, 0.05) is 18.0 Å². The van der Waals surface area contributed by atoms with Crippen LogP contribution in [0.15, 0.2) is 48.5 Å². The summed E-state index contributed by atoms with van der Waals surface area (Å²) in [5.41, 5.74) is -1.58. The molecule has 34 heavy (non-hydrogen) atoms. The third-order valence-electron chi connectivity index (χ3n) is 4.24. The van der Waals surface area contributed by atoms with Gasteiger partial charge in [0.2, 0.25) is 0 Å². The first-order valence-electron chi connectivity index (χ1n) is 9.40. The molecule has 0 aliphatic rings. The first kappa shape index (κ1) is 24.9. The van der Waals surface area contributed by atoms with Gasteiger partial charge in [-0.2, -0.15) is 13.2 Å². The van der Waals surface area contributed by atoms with Crippen molar-refractivity contribution < 1.29 is 40.2 Å². The molecule has 13 heteroatoms. The molecule has 0 saturated carbocycles. The number of anilines is 1. The van der Waals surface area contributed by atoms with Crippen LogP contribution in [0.5, 0.6) is 17.4 Å². The zero-order chi connectivity index (χ0) is 25.1. The van der Waals surface area contributed by atoms with Gasteiger partial charge in [-0.1, -0.05) is 12.1 Å². The Labute approximate surface area is 191 Å². The van der Waals surface area contributed by atoms with Crippen molar-refractivity contribution in [2.75, 3.05) is 18.7 Å². The van der Waals surface area contributed by atoms with Gasteiger partial charge in [-0.15, -0.1) is 10.2 Å². The predicted molar refractivity (Wildman–Crippen MR) is 113 cm³/mol. The van der Waals surface area contributed by atoms with E-state index in [2.05, 4.69) is 15.5 Å². The molecule has 0 aliphatic heterocycles. The van der Waals surface area contributed by atoms with Gasteiger partial charge in [-0.05, 0) is 35.9 Å². The van der Waals surface area contributed by atoms with Crippen LogP contribution in [0.3, 0.4) is 0 Å². The number of aromatic nitrogens is 2. The average Bonchev–Trinajstić information content (AvgIpc) is 2.73. The largest absolute Gasteiger partial charge is 0.493 e. The van der Waals surface area contributed by atoms with Crippen molar-refractivity contribution in [1.29, 1.82) is 0 Å². The number of halogens is 4. The van der Waals surface area contributed by atoms with Crippen molar-refractivity contribution in [2.24, 2.45) is 0 Å².